The maximum Gasteiger partial charge on any atom is 0.240 e. The van der Waals surface area contributed by atoms with Crippen molar-refractivity contribution in [3.8, 4) is 0 Å². The van der Waals surface area contributed by atoms with Crippen LogP contribution in [0, 0.1) is 5.92 Å². The minimum absolute atomic E-state index is 0.0458. The first kappa shape index (κ1) is 11.8. The highest BCUT2D eigenvalue weighted by molar-refractivity contribution is 4.73. The third-order valence-electron chi connectivity index (χ3n) is 1.78. The predicted molar refractivity (Wildman–Crippen MR) is 47.5 cm³/mol. The molecular weight excluding hydrogens is 160 g/mol. The topological polar surface area (TPSA) is 12.0 Å². The van der Waals surface area contributed by atoms with Crippen LogP contribution in [-0.2, 0) is 0 Å². The SMILES string of the molecule is CC(C)NC(CC(F)F)C(C)C. The normalized spacial score (nSPS) is 14.8. The zero-order valence-corrected chi connectivity index (χ0v) is 8.27. The van der Waals surface area contributed by atoms with Gasteiger partial charge in [0.15, 0.2) is 0 Å². The molecule has 1 unspecified atom stereocenters. The molecule has 0 radical (unpaired) electrons. The first-order chi connectivity index (χ1) is 5.43. The van der Waals surface area contributed by atoms with E-state index in [4.69, 9.17) is 0 Å². The number of halogens is 2. The van der Waals surface area contributed by atoms with Crippen molar-refractivity contribution < 1.29 is 8.78 Å². The number of hydrogen-bond donors (Lipinski definition) is 1. The molecule has 1 atom stereocenters. The van der Waals surface area contributed by atoms with E-state index in [0.29, 0.717) is 0 Å². The molecule has 0 aliphatic heterocycles. The molecule has 0 aliphatic rings. The lowest BCUT2D eigenvalue weighted by molar-refractivity contribution is 0.111. The van der Waals surface area contributed by atoms with E-state index in [2.05, 4.69) is 5.32 Å². The lowest BCUT2D eigenvalue weighted by atomic mass is 10.0. The molecular formula is C9H19F2N. The third-order valence-corrected chi connectivity index (χ3v) is 1.78. The summed E-state index contributed by atoms with van der Waals surface area (Å²) in [7, 11) is 0. The number of nitrogens with one attached hydrogen (secondary N) is 1. The van der Waals surface area contributed by atoms with Gasteiger partial charge in [-0.25, -0.2) is 8.78 Å². The van der Waals surface area contributed by atoms with Gasteiger partial charge in [0.1, 0.15) is 0 Å². The second-order valence-corrected chi connectivity index (χ2v) is 3.80. The summed E-state index contributed by atoms with van der Waals surface area (Å²) >= 11 is 0. The van der Waals surface area contributed by atoms with E-state index in [-0.39, 0.29) is 24.4 Å². The first-order valence-corrected chi connectivity index (χ1v) is 4.47. The van der Waals surface area contributed by atoms with Crippen molar-refractivity contribution in [2.75, 3.05) is 0 Å². The van der Waals surface area contributed by atoms with Crippen LogP contribution in [-0.4, -0.2) is 18.5 Å². The Hall–Kier alpha value is -0.180. The summed E-state index contributed by atoms with van der Waals surface area (Å²) in [4.78, 5) is 0. The van der Waals surface area contributed by atoms with Crippen molar-refractivity contribution in [1.82, 2.24) is 5.32 Å². The summed E-state index contributed by atoms with van der Waals surface area (Å²) in [5, 5.41) is 3.13. The van der Waals surface area contributed by atoms with Gasteiger partial charge in [-0.1, -0.05) is 27.7 Å². The van der Waals surface area contributed by atoms with Crippen LogP contribution in [0.25, 0.3) is 0 Å². The van der Waals surface area contributed by atoms with E-state index in [1.807, 2.05) is 27.7 Å². The van der Waals surface area contributed by atoms with Crippen LogP contribution in [0.1, 0.15) is 34.1 Å². The van der Waals surface area contributed by atoms with Crippen molar-refractivity contribution >= 4 is 0 Å². The largest absolute Gasteiger partial charge is 0.311 e. The highest BCUT2D eigenvalue weighted by Gasteiger charge is 2.18. The Morgan fingerprint density at radius 2 is 1.58 bits per heavy atom. The fourth-order valence-corrected chi connectivity index (χ4v) is 1.15. The Bertz CT molecular complexity index is 103. The maximum absolute atomic E-state index is 12.1. The standard InChI is InChI=1S/C9H19F2N/c1-6(2)8(5-9(10)11)12-7(3)4/h6-9,12H,5H2,1-4H3. The molecule has 0 aromatic heterocycles. The monoisotopic (exact) mass is 179 g/mol. The van der Waals surface area contributed by atoms with Gasteiger partial charge >= 0.3 is 0 Å². The molecule has 0 saturated heterocycles. The molecule has 1 nitrogen and oxygen atoms in total. The van der Waals surface area contributed by atoms with Crippen LogP contribution in [0.3, 0.4) is 0 Å². The Balaban J connectivity index is 3.87. The van der Waals surface area contributed by atoms with Gasteiger partial charge in [-0.3, -0.25) is 0 Å². The fourth-order valence-electron chi connectivity index (χ4n) is 1.15. The molecule has 0 saturated carbocycles. The second-order valence-electron chi connectivity index (χ2n) is 3.80. The van der Waals surface area contributed by atoms with Crippen LogP contribution >= 0.6 is 0 Å². The minimum atomic E-state index is -2.20. The van der Waals surface area contributed by atoms with E-state index in [1.165, 1.54) is 0 Å². The van der Waals surface area contributed by atoms with Gasteiger partial charge in [-0.05, 0) is 5.92 Å². The molecule has 12 heavy (non-hydrogen) atoms. The van der Waals surface area contributed by atoms with E-state index in [9.17, 15) is 8.78 Å². The summed E-state index contributed by atoms with van der Waals surface area (Å²) in [5.41, 5.74) is 0. The molecule has 0 fully saturated rings. The summed E-state index contributed by atoms with van der Waals surface area (Å²) in [6.45, 7) is 7.87. The lowest BCUT2D eigenvalue weighted by Gasteiger charge is -2.24. The van der Waals surface area contributed by atoms with Gasteiger partial charge in [0.2, 0.25) is 6.43 Å². The van der Waals surface area contributed by atoms with Gasteiger partial charge in [0, 0.05) is 18.5 Å². The predicted octanol–water partition coefficient (Wildman–Crippen LogP) is 2.66. The van der Waals surface area contributed by atoms with Crippen LogP contribution in [0.2, 0.25) is 0 Å². The molecule has 1 N–H and O–H groups in total. The molecule has 0 aromatic rings. The lowest BCUT2D eigenvalue weighted by Crippen LogP contribution is -2.39. The van der Waals surface area contributed by atoms with Gasteiger partial charge in [-0.15, -0.1) is 0 Å². The molecule has 0 rings (SSSR count). The van der Waals surface area contributed by atoms with E-state index < -0.39 is 6.43 Å². The highest BCUT2D eigenvalue weighted by Crippen LogP contribution is 2.12. The van der Waals surface area contributed by atoms with Crippen molar-refractivity contribution in [2.24, 2.45) is 5.92 Å². The van der Waals surface area contributed by atoms with Crippen LogP contribution in [0.4, 0.5) is 8.78 Å². The summed E-state index contributed by atoms with van der Waals surface area (Å²) in [5.74, 6) is 0.265. The van der Waals surface area contributed by atoms with Gasteiger partial charge in [0.05, 0.1) is 0 Å². The smallest absolute Gasteiger partial charge is 0.240 e. The highest BCUT2D eigenvalue weighted by atomic mass is 19.3. The van der Waals surface area contributed by atoms with Crippen LogP contribution < -0.4 is 5.32 Å². The quantitative estimate of drug-likeness (QED) is 0.684. The van der Waals surface area contributed by atoms with E-state index in [0.717, 1.165) is 0 Å². The van der Waals surface area contributed by atoms with Crippen molar-refractivity contribution in [3.63, 3.8) is 0 Å². The zero-order valence-electron chi connectivity index (χ0n) is 8.27. The van der Waals surface area contributed by atoms with Crippen molar-refractivity contribution in [3.05, 3.63) is 0 Å². The van der Waals surface area contributed by atoms with Gasteiger partial charge < -0.3 is 5.32 Å². The fraction of sp³-hybridized carbons (Fsp3) is 1.00. The molecule has 0 bridgehead atoms. The molecule has 0 spiro atoms. The number of hydrogen-bond acceptors (Lipinski definition) is 1. The Labute approximate surface area is 73.5 Å². The summed E-state index contributed by atoms with van der Waals surface area (Å²) in [6, 6.07) is 0.209. The maximum atomic E-state index is 12.1. The molecule has 3 heteroatoms. The molecule has 0 aromatic carbocycles. The van der Waals surface area contributed by atoms with Gasteiger partial charge in [0.25, 0.3) is 0 Å². The second kappa shape index (κ2) is 5.46. The third kappa shape index (κ3) is 5.47. The Kier molecular flexibility index (Phi) is 5.38. The summed E-state index contributed by atoms with van der Waals surface area (Å²) < 4.78 is 24.1. The molecule has 0 aliphatic carbocycles. The first-order valence-electron chi connectivity index (χ1n) is 4.47. The number of rotatable bonds is 5. The zero-order chi connectivity index (χ0) is 9.72. The van der Waals surface area contributed by atoms with Crippen LogP contribution in [0.15, 0.2) is 0 Å². The molecule has 0 amide bonds. The Morgan fingerprint density at radius 3 is 1.83 bits per heavy atom. The minimum Gasteiger partial charge on any atom is -0.311 e. The van der Waals surface area contributed by atoms with Crippen molar-refractivity contribution in [1.29, 1.82) is 0 Å². The molecule has 74 valence electrons. The number of alkyl halides is 2. The van der Waals surface area contributed by atoms with Crippen LogP contribution in [0.5, 0.6) is 0 Å². The average Bonchev–Trinajstić information content (AvgIpc) is 1.83. The summed E-state index contributed by atoms with van der Waals surface area (Å²) in [6.07, 6.45) is -2.25. The van der Waals surface area contributed by atoms with Gasteiger partial charge in [-0.2, -0.15) is 0 Å². The average molecular weight is 179 g/mol. The Morgan fingerprint density at radius 1 is 1.08 bits per heavy atom. The van der Waals surface area contributed by atoms with E-state index in [1.54, 1.807) is 0 Å². The molecule has 0 heterocycles. The van der Waals surface area contributed by atoms with Crippen molar-refractivity contribution in [2.45, 2.75) is 52.6 Å². The van der Waals surface area contributed by atoms with E-state index >= 15 is 0 Å².